The van der Waals surface area contributed by atoms with Crippen LogP contribution in [0.15, 0.2) is 66.9 Å². The van der Waals surface area contributed by atoms with Crippen LogP contribution in [0.5, 0.6) is 0 Å². The SMILES string of the molecule is C[C@H](C(=O)NC1CCCC1)[NH+](C)Cc1cn(-c2ccccc2)nc1-c1ccccc1. The van der Waals surface area contributed by atoms with E-state index in [1.807, 2.05) is 48.0 Å². The van der Waals surface area contributed by atoms with E-state index < -0.39 is 0 Å². The zero-order valence-corrected chi connectivity index (χ0v) is 17.8. The highest BCUT2D eigenvalue weighted by Gasteiger charge is 2.27. The molecule has 1 aliphatic carbocycles. The van der Waals surface area contributed by atoms with Crippen molar-refractivity contribution in [2.24, 2.45) is 0 Å². The maximum atomic E-state index is 12.8. The van der Waals surface area contributed by atoms with Gasteiger partial charge in [0.25, 0.3) is 5.91 Å². The van der Waals surface area contributed by atoms with Crippen molar-refractivity contribution in [2.75, 3.05) is 7.05 Å². The smallest absolute Gasteiger partial charge is 0.278 e. The Morgan fingerprint density at radius 2 is 1.73 bits per heavy atom. The minimum absolute atomic E-state index is 0.116. The number of carbonyl (C=O) groups excluding carboxylic acids is 1. The molecular weight excluding hydrogens is 372 g/mol. The Kier molecular flexibility index (Phi) is 6.29. The summed E-state index contributed by atoms with van der Waals surface area (Å²) in [5.74, 6) is 0.149. The lowest BCUT2D eigenvalue weighted by molar-refractivity contribution is -0.908. The molecule has 1 aliphatic rings. The Morgan fingerprint density at radius 1 is 1.10 bits per heavy atom. The third-order valence-corrected chi connectivity index (χ3v) is 6.16. The molecule has 1 amide bonds. The van der Waals surface area contributed by atoms with Crippen molar-refractivity contribution < 1.29 is 9.69 Å². The molecule has 2 N–H and O–H groups in total. The first-order chi connectivity index (χ1) is 14.6. The average Bonchev–Trinajstić information content (AvgIpc) is 3.44. The van der Waals surface area contributed by atoms with Crippen LogP contribution in [0.25, 0.3) is 16.9 Å². The van der Waals surface area contributed by atoms with Gasteiger partial charge in [0.15, 0.2) is 6.04 Å². The molecule has 0 saturated heterocycles. The zero-order chi connectivity index (χ0) is 20.9. The van der Waals surface area contributed by atoms with E-state index in [1.54, 1.807) is 0 Å². The van der Waals surface area contributed by atoms with E-state index in [0.29, 0.717) is 6.04 Å². The van der Waals surface area contributed by atoms with Crippen LogP contribution in [0.2, 0.25) is 0 Å². The number of para-hydroxylation sites is 1. The standard InChI is InChI=1S/C25H30N4O/c1-19(25(30)26-22-13-9-10-14-22)28(2)17-21-18-29(23-15-7-4-8-16-23)27-24(21)20-11-5-3-6-12-20/h3-8,11-12,15-16,18-19,22H,9-10,13-14,17H2,1-2H3,(H,26,30)/p+1/t19-/m1/s1. The highest BCUT2D eigenvalue weighted by molar-refractivity contribution is 5.80. The molecule has 1 heterocycles. The summed E-state index contributed by atoms with van der Waals surface area (Å²) in [6, 6.07) is 20.7. The summed E-state index contributed by atoms with van der Waals surface area (Å²) >= 11 is 0. The number of quaternary nitrogens is 1. The second kappa shape index (κ2) is 9.26. The quantitative estimate of drug-likeness (QED) is 0.637. The molecule has 156 valence electrons. The molecular formula is C25H31N4O+. The maximum Gasteiger partial charge on any atom is 0.278 e. The van der Waals surface area contributed by atoms with Gasteiger partial charge in [-0.25, -0.2) is 4.68 Å². The van der Waals surface area contributed by atoms with E-state index in [1.165, 1.54) is 12.8 Å². The molecule has 2 atom stereocenters. The summed E-state index contributed by atoms with van der Waals surface area (Å²) in [4.78, 5) is 13.9. The van der Waals surface area contributed by atoms with Crippen LogP contribution < -0.4 is 10.2 Å². The summed E-state index contributed by atoms with van der Waals surface area (Å²) in [7, 11) is 2.09. The molecule has 5 nitrogen and oxygen atoms in total. The predicted molar refractivity (Wildman–Crippen MR) is 119 cm³/mol. The Labute approximate surface area is 178 Å². The molecule has 1 unspecified atom stereocenters. The van der Waals surface area contributed by atoms with Crippen molar-refractivity contribution in [1.29, 1.82) is 0 Å². The minimum Gasteiger partial charge on any atom is -0.348 e. The number of nitrogens with one attached hydrogen (secondary N) is 2. The van der Waals surface area contributed by atoms with E-state index in [-0.39, 0.29) is 11.9 Å². The summed E-state index contributed by atoms with van der Waals surface area (Å²) in [6.07, 6.45) is 6.77. The monoisotopic (exact) mass is 403 g/mol. The van der Waals surface area contributed by atoms with Gasteiger partial charge in [0.2, 0.25) is 0 Å². The Bertz CT molecular complexity index is 961. The highest BCUT2D eigenvalue weighted by atomic mass is 16.2. The fourth-order valence-corrected chi connectivity index (χ4v) is 4.16. The van der Waals surface area contributed by atoms with Crippen molar-refractivity contribution in [3.8, 4) is 16.9 Å². The van der Waals surface area contributed by atoms with Crippen LogP contribution in [0.4, 0.5) is 0 Å². The van der Waals surface area contributed by atoms with Crippen LogP contribution in [-0.4, -0.2) is 34.8 Å². The van der Waals surface area contributed by atoms with Crippen molar-refractivity contribution in [3.63, 3.8) is 0 Å². The number of hydrogen-bond donors (Lipinski definition) is 2. The van der Waals surface area contributed by atoms with Gasteiger partial charge in [-0.15, -0.1) is 0 Å². The topological polar surface area (TPSA) is 51.4 Å². The molecule has 0 spiro atoms. The van der Waals surface area contributed by atoms with Crippen molar-refractivity contribution in [1.82, 2.24) is 15.1 Å². The average molecular weight is 404 g/mol. The number of nitrogens with zero attached hydrogens (tertiary/aromatic N) is 2. The molecule has 0 aliphatic heterocycles. The van der Waals surface area contributed by atoms with Crippen molar-refractivity contribution in [2.45, 2.75) is 51.2 Å². The molecule has 3 aromatic rings. The molecule has 1 saturated carbocycles. The lowest BCUT2D eigenvalue weighted by Crippen LogP contribution is -3.12. The number of benzene rings is 2. The van der Waals surface area contributed by atoms with Gasteiger partial charge in [-0.2, -0.15) is 5.10 Å². The van der Waals surface area contributed by atoms with Crippen LogP contribution >= 0.6 is 0 Å². The molecule has 1 fully saturated rings. The summed E-state index contributed by atoms with van der Waals surface area (Å²) < 4.78 is 1.94. The molecule has 30 heavy (non-hydrogen) atoms. The second-order valence-electron chi connectivity index (χ2n) is 8.38. The fourth-order valence-electron chi connectivity index (χ4n) is 4.16. The van der Waals surface area contributed by atoms with Gasteiger partial charge in [-0.3, -0.25) is 4.79 Å². The summed E-state index contributed by atoms with van der Waals surface area (Å²) in [6.45, 7) is 2.75. The third-order valence-electron chi connectivity index (χ3n) is 6.16. The number of likely N-dealkylation sites (N-methyl/N-ethyl adjacent to an activating group) is 1. The van der Waals surface area contributed by atoms with Gasteiger partial charge in [0.05, 0.1) is 18.3 Å². The first-order valence-electron chi connectivity index (χ1n) is 10.9. The van der Waals surface area contributed by atoms with Gasteiger partial charge in [-0.05, 0) is 31.9 Å². The first-order valence-corrected chi connectivity index (χ1v) is 10.9. The predicted octanol–water partition coefficient (Wildman–Crippen LogP) is 3.00. The summed E-state index contributed by atoms with van der Waals surface area (Å²) in [5, 5.41) is 8.14. The largest absolute Gasteiger partial charge is 0.348 e. The highest BCUT2D eigenvalue weighted by Crippen LogP contribution is 2.23. The van der Waals surface area contributed by atoms with E-state index in [0.717, 1.165) is 46.8 Å². The van der Waals surface area contributed by atoms with Crippen LogP contribution in [0.3, 0.4) is 0 Å². The molecule has 4 rings (SSSR count). The van der Waals surface area contributed by atoms with Crippen LogP contribution in [0.1, 0.15) is 38.2 Å². The number of rotatable bonds is 7. The van der Waals surface area contributed by atoms with Crippen molar-refractivity contribution in [3.05, 3.63) is 72.4 Å². The second-order valence-corrected chi connectivity index (χ2v) is 8.38. The van der Waals surface area contributed by atoms with Crippen molar-refractivity contribution >= 4 is 5.91 Å². The third kappa shape index (κ3) is 4.62. The van der Waals surface area contributed by atoms with Gasteiger partial charge in [-0.1, -0.05) is 61.4 Å². The Balaban J connectivity index is 1.56. The molecule has 2 aromatic carbocycles. The van der Waals surface area contributed by atoms with Gasteiger partial charge >= 0.3 is 0 Å². The van der Waals surface area contributed by atoms with E-state index in [2.05, 4.69) is 42.8 Å². The van der Waals surface area contributed by atoms with Gasteiger partial charge in [0.1, 0.15) is 12.2 Å². The molecule has 0 bridgehead atoms. The van der Waals surface area contributed by atoms with Crippen LogP contribution in [-0.2, 0) is 11.3 Å². The lowest BCUT2D eigenvalue weighted by atomic mass is 10.1. The number of amides is 1. The summed E-state index contributed by atoms with van der Waals surface area (Å²) in [5.41, 5.74) is 4.24. The minimum atomic E-state index is -0.116. The lowest BCUT2D eigenvalue weighted by Gasteiger charge is -2.22. The van der Waals surface area contributed by atoms with E-state index in [4.69, 9.17) is 5.10 Å². The number of hydrogen-bond acceptors (Lipinski definition) is 2. The zero-order valence-electron chi connectivity index (χ0n) is 17.8. The fraction of sp³-hybridized carbons (Fsp3) is 0.360. The number of aromatic nitrogens is 2. The number of carbonyl (C=O) groups is 1. The first kappa shape index (κ1) is 20.4. The van der Waals surface area contributed by atoms with Gasteiger partial charge in [0, 0.05) is 17.8 Å². The normalized spacial score (nSPS) is 16.3. The molecule has 1 aromatic heterocycles. The maximum absolute atomic E-state index is 12.8. The van der Waals surface area contributed by atoms with E-state index in [9.17, 15) is 4.79 Å². The molecule has 0 radical (unpaired) electrons. The molecule has 5 heteroatoms. The van der Waals surface area contributed by atoms with Gasteiger partial charge < -0.3 is 10.2 Å². The van der Waals surface area contributed by atoms with E-state index >= 15 is 0 Å². The van der Waals surface area contributed by atoms with Crippen LogP contribution in [0, 0.1) is 0 Å². The Hall–Kier alpha value is -2.92. The Morgan fingerprint density at radius 3 is 2.40 bits per heavy atom.